The average molecular weight is 233 g/mol. The lowest BCUT2D eigenvalue weighted by Crippen LogP contribution is -2.33. The zero-order chi connectivity index (χ0) is 12.3. The molecule has 1 aliphatic rings. The molecule has 0 bridgehead atoms. The van der Waals surface area contributed by atoms with Crippen molar-refractivity contribution in [3.8, 4) is 0 Å². The SMILES string of the molecule is Cc1ccccc1CC1(O)CCCN(C)CC1. The standard InChI is InChI=1S/C15H23NO/c1-13-6-3-4-7-14(13)12-15(17)8-5-10-16(2)11-9-15/h3-4,6-7,17H,5,8-12H2,1-2H3. The van der Waals surface area contributed by atoms with Gasteiger partial charge in [-0.05, 0) is 50.9 Å². The highest BCUT2D eigenvalue weighted by Gasteiger charge is 2.29. The van der Waals surface area contributed by atoms with Crippen LogP contribution in [0, 0.1) is 6.92 Å². The smallest absolute Gasteiger partial charge is 0.0700 e. The van der Waals surface area contributed by atoms with Gasteiger partial charge in [-0.2, -0.15) is 0 Å². The van der Waals surface area contributed by atoms with Crippen LogP contribution in [0.15, 0.2) is 24.3 Å². The number of likely N-dealkylation sites (tertiary alicyclic amines) is 1. The molecule has 1 N–H and O–H groups in total. The summed E-state index contributed by atoms with van der Waals surface area (Å²) in [5.41, 5.74) is 2.08. The van der Waals surface area contributed by atoms with Gasteiger partial charge in [0.15, 0.2) is 0 Å². The Morgan fingerprint density at radius 2 is 2.00 bits per heavy atom. The van der Waals surface area contributed by atoms with Crippen molar-refractivity contribution in [3.63, 3.8) is 0 Å². The molecule has 2 nitrogen and oxygen atoms in total. The minimum Gasteiger partial charge on any atom is -0.389 e. The fraction of sp³-hybridized carbons (Fsp3) is 0.600. The molecule has 1 fully saturated rings. The van der Waals surface area contributed by atoms with Gasteiger partial charge >= 0.3 is 0 Å². The van der Waals surface area contributed by atoms with Gasteiger partial charge in [-0.15, -0.1) is 0 Å². The topological polar surface area (TPSA) is 23.5 Å². The summed E-state index contributed by atoms with van der Waals surface area (Å²) in [6, 6.07) is 8.39. The Hall–Kier alpha value is -0.860. The van der Waals surface area contributed by atoms with Crippen molar-refractivity contribution in [3.05, 3.63) is 35.4 Å². The first kappa shape index (κ1) is 12.6. The zero-order valence-electron chi connectivity index (χ0n) is 10.9. The molecule has 1 aromatic carbocycles. The maximum absolute atomic E-state index is 10.7. The number of rotatable bonds is 2. The van der Waals surface area contributed by atoms with Gasteiger partial charge < -0.3 is 10.0 Å². The van der Waals surface area contributed by atoms with E-state index in [1.807, 2.05) is 0 Å². The second kappa shape index (κ2) is 5.19. The van der Waals surface area contributed by atoms with Gasteiger partial charge in [-0.3, -0.25) is 0 Å². The molecule has 1 heterocycles. The number of hydrogen-bond acceptors (Lipinski definition) is 2. The minimum absolute atomic E-state index is 0.503. The summed E-state index contributed by atoms with van der Waals surface area (Å²) < 4.78 is 0. The summed E-state index contributed by atoms with van der Waals surface area (Å²) in [6.07, 6.45) is 3.70. The summed E-state index contributed by atoms with van der Waals surface area (Å²) in [7, 11) is 2.14. The van der Waals surface area contributed by atoms with Crippen molar-refractivity contribution in [2.45, 2.75) is 38.2 Å². The average Bonchev–Trinajstić information content (AvgIpc) is 2.45. The van der Waals surface area contributed by atoms with E-state index in [2.05, 4.69) is 43.1 Å². The molecule has 0 aromatic heterocycles. The van der Waals surface area contributed by atoms with Crippen LogP contribution >= 0.6 is 0 Å². The second-order valence-electron chi connectivity index (χ2n) is 5.48. The molecule has 0 radical (unpaired) electrons. The Morgan fingerprint density at radius 3 is 2.76 bits per heavy atom. The molecular weight excluding hydrogens is 210 g/mol. The second-order valence-corrected chi connectivity index (χ2v) is 5.48. The van der Waals surface area contributed by atoms with Crippen LogP contribution in [0.25, 0.3) is 0 Å². The number of aryl methyl sites for hydroxylation is 1. The van der Waals surface area contributed by atoms with Crippen LogP contribution in [0.5, 0.6) is 0 Å². The monoisotopic (exact) mass is 233 g/mol. The lowest BCUT2D eigenvalue weighted by atomic mass is 9.86. The highest BCUT2D eigenvalue weighted by atomic mass is 16.3. The predicted octanol–water partition coefficient (Wildman–Crippen LogP) is 2.38. The van der Waals surface area contributed by atoms with Crippen LogP contribution in [0.2, 0.25) is 0 Å². The van der Waals surface area contributed by atoms with Crippen LogP contribution in [0.4, 0.5) is 0 Å². The molecule has 0 spiro atoms. The molecule has 0 amide bonds. The number of aliphatic hydroxyl groups is 1. The quantitative estimate of drug-likeness (QED) is 0.848. The first-order valence-corrected chi connectivity index (χ1v) is 6.54. The van der Waals surface area contributed by atoms with Crippen LogP contribution in [0.3, 0.4) is 0 Å². The van der Waals surface area contributed by atoms with Crippen molar-refractivity contribution in [1.82, 2.24) is 4.90 Å². The summed E-state index contributed by atoms with van der Waals surface area (Å²) in [5.74, 6) is 0. The lowest BCUT2D eigenvalue weighted by Gasteiger charge is -2.27. The summed E-state index contributed by atoms with van der Waals surface area (Å²) >= 11 is 0. The van der Waals surface area contributed by atoms with E-state index in [1.54, 1.807) is 0 Å². The number of benzene rings is 1. The van der Waals surface area contributed by atoms with Crippen LogP contribution in [-0.4, -0.2) is 35.7 Å². The van der Waals surface area contributed by atoms with Crippen molar-refractivity contribution in [2.75, 3.05) is 20.1 Å². The maximum Gasteiger partial charge on any atom is 0.0700 e. The molecule has 0 aliphatic carbocycles. The first-order valence-electron chi connectivity index (χ1n) is 6.54. The molecule has 0 saturated carbocycles. The van der Waals surface area contributed by atoms with E-state index in [4.69, 9.17) is 0 Å². The van der Waals surface area contributed by atoms with Crippen LogP contribution in [0.1, 0.15) is 30.4 Å². The van der Waals surface area contributed by atoms with Gasteiger partial charge in [0.2, 0.25) is 0 Å². The largest absolute Gasteiger partial charge is 0.389 e. The Labute approximate surface area is 104 Å². The van der Waals surface area contributed by atoms with E-state index >= 15 is 0 Å². The minimum atomic E-state index is -0.503. The lowest BCUT2D eigenvalue weighted by molar-refractivity contribution is 0.0262. The molecule has 1 unspecified atom stereocenters. The Bertz CT molecular complexity index is 377. The van der Waals surface area contributed by atoms with E-state index in [-0.39, 0.29) is 0 Å². The van der Waals surface area contributed by atoms with Gasteiger partial charge in [0.1, 0.15) is 0 Å². The predicted molar refractivity (Wildman–Crippen MR) is 71.2 cm³/mol. The van der Waals surface area contributed by atoms with Gasteiger partial charge in [0, 0.05) is 13.0 Å². The van der Waals surface area contributed by atoms with Gasteiger partial charge in [-0.1, -0.05) is 24.3 Å². The molecule has 1 aliphatic heterocycles. The molecule has 1 aromatic rings. The molecule has 2 rings (SSSR count). The summed E-state index contributed by atoms with van der Waals surface area (Å²) in [6.45, 7) is 4.24. The Balaban J connectivity index is 2.09. The van der Waals surface area contributed by atoms with Gasteiger partial charge in [0.05, 0.1) is 5.60 Å². The van der Waals surface area contributed by atoms with Crippen LogP contribution in [-0.2, 0) is 6.42 Å². The van der Waals surface area contributed by atoms with Crippen molar-refractivity contribution >= 4 is 0 Å². The first-order chi connectivity index (χ1) is 8.09. The molecule has 17 heavy (non-hydrogen) atoms. The molecule has 2 heteroatoms. The summed E-state index contributed by atoms with van der Waals surface area (Å²) in [5, 5.41) is 10.7. The molecule has 1 atom stereocenters. The normalized spacial score (nSPS) is 26.8. The van der Waals surface area contributed by atoms with E-state index < -0.39 is 5.60 Å². The van der Waals surface area contributed by atoms with Crippen molar-refractivity contribution in [1.29, 1.82) is 0 Å². The van der Waals surface area contributed by atoms with Gasteiger partial charge in [0.25, 0.3) is 0 Å². The Kier molecular flexibility index (Phi) is 3.85. The van der Waals surface area contributed by atoms with Crippen LogP contribution < -0.4 is 0 Å². The molecule has 94 valence electrons. The Morgan fingerprint density at radius 1 is 1.24 bits per heavy atom. The third-order valence-corrected chi connectivity index (χ3v) is 3.92. The fourth-order valence-corrected chi connectivity index (χ4v) is 2.65. The van der Waals surface area contributed by atoms with Crippen molar-refractivity contribution in [2.24, 2.45) is 0 Å². The fourth-order valence-electron chi connectivity index (χ4n) is 2.65. The van der Waals surface area contributed by atoms with E-state index in [1.165, 1.54) is 11.1 Å². The molecular formula is C15H23NO. The highest BCUT2D eigenvalue weighted by molar-refractivity contribution is 5.27. The maximum atomic E-state index is 10.7. The van der Waals surface area contributed by atoms with Gasteiger partial charge in [-0.25, -0.2) is 0 Å². The summed E-state index contributed by atoms with van der Waals surface area (Å²) in [4.78, 5) is 2.32. The number of hydrogen-bond donors (Lipinski definition) is 1. The van der Waals surface area contributed by atoms with E-state index in [0.717, 1.165) is 38.8 Å². The number of nitrogens with zero attached hydrogens (tertiary/aromatic N) is 1. The van der Waals surface area contributed by atoms with E-state index in [9.17, 15) is 5.11 Å². The highest BCUT2D eigenvalue weighted by Crippen LogP contribution is 2.27. The third kappa shape index (κ3) is 3.30. The van der Waals surface area contributed by atoms with E-state index in [0.29, 0.717) is 0 Å². The third-order valence-electron chi connectivity index (χ3n) is 3.92. The van der Waals surface area contributed by atoms with Crippen molar-refractivity contribution < 1.29 is 5.11 Å². The molecule has 1 saturated heterocycles. The zero-order valence-corrected chi connectivity index (χ0v) is 10.9.